The Balaban J connectivity index is 2.36. The summed E-state index contributed by atoms with van der Waals surface area (Å²) in [7, 11) is 0. The number of anilines is 1. The van der Waals surface area contributed by atoms with E-state index in [0.29, 0.717) is 20.9 Å². The third kappa shape index (κ3) is 2.69. The van der Waals surface area contributed by atoms with E-state index in [0.717, 1.165) is 10.7 Å². The van der Waals surface area contributed by atoms with E-state index >= 15 is 0 Å². The Labute approximate surface area is 112 Å². The van der Waals surface area contributed by atoms with Gasteiger partial charge < -0.3 is 9.84 Å². The molecule has 0 aromatic carbocycles. The van der Waals surface area contributed by atoms with Gasteiger partial charge in [-0.25, -0.2) is 10.8 Å². The second-order valence-electron chi connectivity index (χ2n) is 3.19. The van der Waals surface area contributed by atoms with Crippen LogP contribution in [0.15, 0.2) is 32.7 Å². The van der Waals surface area contributed by atoms with Gasteiger partial charge in [-0.2, -0.15) is 0 Å². The molecule has 4 nitrogen and oxygen atoms in total. The molecule has 2 rings (SSSR count). The molecule has 0 unspecified atom stereocenters. The smallest absolute Gasteiger partial charge is 0.160 e. The first-order valence-corrected chi connectivity index (χ1v) is 6.23. The number of rotatable bonds is 3. The molecule has 0 saturated heterocycles. The number of nitrogens with two attached hydrogens (primary N) is 1. The minimum atomic E-state index is 0.380. The summed E-state index contributed by atoms with van der Waals surface area (Å²) in [4.78, 5) is 5.18. The molecule has 0 aliphatic rings. The van der Waals surface area contributed by atoms with Gasteiger partial charge in [0.05, 0.1) is 21.2 Å². The monoisotopic (exact) mass is 289 g/mol. The molecule has 0 saturated carbocycles. The Hall–Kier alpha value is -0.880. The number of halogens is 2. The van der Waals surface area contributed by atoms with Gasteiger partial charge in [0.2, 0.25) is 0 Å². The van der Waals surface area contributed by atoms with Gasteiger partial charge >= 0.3 is 0 Å². The van der Waals surface area contributed by atoms with Crippen LogP contribution >= 0.6 is 35.0 Å². The van der Waals surface area contributed by atoms with Gasteiger partial charge in [-0.05, 0) is 19.1 Å². The maximum absolute atomic E-state index is 6.06. The molecule has 7 heteroatoms. The average Bonchev–Trinajstić information content (AvgIpc) is 2.68. The zero-order valence-electron chi connectivity index (χ0n) is 8.83. The Morgan fingerprint density at radius 3 is 2.76 bits per heavy atom. The molecule has 90 valence electrons. The van der Waals surface area contributed by atoms with E-state index < -0.39 is 0 Å². The number of nitrogen functional groups attached to an aromatic ring is 1. The largest absolute Gasteiger partial charge is 0.468 e. The standard InChI is InChI=1S/C10H9Cl2N3OS/c1-5-8(2-3-16-5)17-10-7(12)4-6(11)9(14-10)15-13/h2-4H,13H2,1H3,(H,14,15). The molecule has 0 aliphatic carbocycles. The molecule has 17 heavy (non-hydrogen) atoms. The highest BCUT2D eigenvalue weighted by molar-refractivity contribution is 7.99. The van der Waals surface area contributed by atoms with E-state index in [-0.39, 0.29) is 0 Å². The Morgan fingerprint density at radius 2 is 2.18 bits per heavy atom. The molecule has 0 amide bonds. The molecule has 0 atom stereocenters. The lowest BCUT2D eigenvalue weighted by Gasteiger charge is -2.07. The predicted octanol–water partition coefficient (Wildman–Crippen LogP) is 3.73. The van der Waals surface area contributed by atoms with Crippen LogP contribution in [0.4, 0.5) is 5.82 Å². The molecule has 0 aliphatic heterocycles. The molecule has 2 aromatic rings. The molecular formula is C10H9Cl2N3OS. The summed E-state index contributed by atoms with van der Waals surface area (Å²) in [5.41, 5.74) is 2.42. The number of hydrazine groups is 1. The van der Waals surface area contributed by atoms with Gasteiger partial charge in [0.1, 0.15) is 10.8 Å². The van der Waals surface area contributed by atoms with E-state index in [9.17, 15) is 0 Å². The normalized spacial score (nSPS) is 10.6. The lowest BCUT2D eigenvalue weighted by Crippen LogP contribution is -2.09. The summed E-state index contributed by atoms with van der Waals surface area (Å²) in [5.74, 6) is 6.50. The van der Waals surface area contributed by atoms with Crippen LogP contribution in [0, 0.1) is 6.92 Å². The van der Waals surface area contributed by atoms with Crippen molar-refractivity contribution in [3.05, 3.63) is 34.2 Å². The molecule has 3 N–H and O–H groups in total. The van der Waals surface area contributed by atoms with Gasteiger partial charge in [0, 0.05) is 0 Å². The van der Waals surface area contributed by atoms with E-state index in [1.54, 1.807) is 12.3 Å². The topological polar surface area (TPSA) is 64.1 Å². The van der Waals surface area contributed by atoms with Crippen LogP contribution < -0.4 is 11.3 Å². The quantitative estimate of drug-likeness (QED) is 0.666. The second kappa shape index (κ2) is 5.18. The lowest BCUT2D eigenvalue weighted by molar-refractivity contribution is 0.527. The molecular weight excluding hydrogens is 281 g/mol. The zero-order valence-corrected chi connectivity index (χ0v) is 11.2. The third-order valence-electron chi connectivity index (χ3n) is 2.05. The number of nitrogens with zero attached hydrogens (tertiary/aromatic N) is 1. The zero-order chi connectivity index (χ0) is 12.4. The first kappa shape index (κ1) is 12.6. The van der Waals surface area contributed by atoms with Crippen molar-refractivity contribution in [3.63, 3.8) is 0 Å². The number of hydrogen-bond acceptors (Lipinski definition) is 5. The van der Waals surface area contributed by atoms with Crippen molar-refractivity contribution in [2.75, 3.05) is 5.43 Å². The van der Waals surface area contributed by atoms with Crippen LogP contribution in [0.3, 0.4) is 0 Å². The highest BCUT2D eigenvalue weighted by Crippen LogP contribution is 2.37. The van der Waals surface area contributed by atoms with Crippen molar-refractivity contribution in [2.45, 2.75) is 16.8 Å². The summed E-state index contributed by atoms with van der Waals surface area (Å²) < 4.78 is 5.20. The maximum Gasteiger partial charge on any atom is 0.160 e. The van der Waals surface area contributed by atoms with E-state index in [1.165, 1.54) is 11.8 Å². The van der Waals surface area contributed by atoms with Crippen molar-refractivity contribution in [3.8, 4) is 0 Å². The van der Waals surface area contributed by atoms with Gasteiger partial charge in [-0.3, -0.25) is 0 Å². The summed E-state index contributed by atoms with van der Waals surface area (Å²) in [5, 5.41) is 1.47. The van der Waals surface area contributed by atoms with E-state index in [2.05, 4.69) is 10.4 Å². The first-order valence-electron chi connectivity index (χ1n) is 4.66. The average molecular weight is 290 g/mol. The fourth-order valence-corrected chi connectivity index (χ4v) is 2.55. The fourth-order valence-electron chi connectivity index (χ4n) is 1.21. The Morgan fingerprint density at radius 1 is 1.41 bits per heavy atom. The number of aryl methyl sites for hydroxylation is 1. The van der Waals surface area contributed by atoms with Crippen molar-refractivity contribution in [2.24, 2.45) is 5.84 Å². The summed E-state index contributed by atoms with van der Waals surface area (Å²) in [6.45, 7) is 1.87. The van der Waals surface area contributed by atoms with Crippen molar-refractivity contribution in [1.29, 1.82) is 0 Å². The minimum Gasteiger partial charge on any atom is -0.468 e. The number of nitrogens with one attached hydrogen (secondary N) is 1. The van der Waals surface area contributed by atoms with Gasteiger partial charge in [-0.15, -0.1) is 0 Å². The molecule has 0 bridgehead atoms. The van der Waals surface area contributed by atoms with Gasteiger partial charge in [0.25, 0.3) is 0 Å². The second-order valence-corrected chi connectivity index (χ2v) is 5.04. The van der Waals surface area contributed by atoms with Crippen LogP contribution in [-0.2, 0) is 0 Å². The van der Waals surface area contributed by atoms with Gasteiger partial charge in [0.15, 0.2) is 5.82 Å². The summed E-state index contributed by atoms with van der Waals surface area (Å²) in [6.07, 6.45) is 1.61. The van der Waals surface area contributed by atoms with Crippen LogP contribution in [0.1, 0.15) is 5.76 Å². The summed E-state index contributed by atoms with van der Waals surface area (Å²) >= 11 is 13.4. The van der Waals surface area contributed by atoms with E-state index in [1.807, 2.05) is 13.0 Å². The number of pyridine rings is 1. The van der Waals surface area contributed by atoms with Crippen LogP contribution in [0.5, 0.6) is 0 Å². The van der Waals surface area contributed by atoms with Gasteiger partial charge in [-0.1, -0.05) is 35.0 Å². The maximum atomic E-state index is 6.06. The number of furan rings is 1. The van der Waals surface area contributed by atoms with E-state index in [4.69, 9.17) is 33.5 Å². The van der Waals surface area contributed by atoms with Crippen LogP contribution in [0.25, 0.3) is 0 Å². The minimum absolute atomic E-state index is 0.380. The molecule has 2 heterocycles. The number of aromatic nitrogens is 1. The SMILES string of the molecule is Cc1occc1Sc1nc(NN)c(Cl)cc1Cl. The van der Waals surface area contributed by atoms with Crippen LogP contribution in [-0.4, -0.2) is 4.98 Å². The van der Waals surface area contributed by atoms with Crippen molar-refractivity contribution in [1.82, 2.24) is 4.98 Å². The Kier molecular flexibility index (Phi) is 3.83. The Bertz CT molecular complexity index is 544. The third-order valence-corrected chi connectivity index (χ3v) is 3.89. The molecule has 0 spiro atoms. The predicted molar refractivity (Wildman–Crippen MR) is 69.6 cm³/mol. The number of hydrogen-bond donors (Lipinski definition) is 2. The highest BCUT2D eigenvalue weighted by Gasteiger charge is 2.12. The molecule has 0 fully saturated rings. The fraction of sp³-hybridized carbons (Fsp3) is 0.100. The lowest BCUT2D eigenvalue weighted by atomic mass is 10.4. The molecule has 2 aromatic heterocycles. The summed E-state index contributed by atoms with van der Waals surface area (Å²) in [6, 6.07) is 3.45. The molecule has 0 radical (unpaired) electrons. The van der Waals surface area contributed by atoms with Crippen molar-refractivity contribution < 1.29 is 4.42 Å². The first-order chi connectivity index (χ1) is 8.11. The highest BCUT2D eigenvalue weighted by atomic mass is 35.5. The van der Waals surface area contributed by atoms with Crippen molar-refractivity contribution >= 4 is 40.8 Å². The van der Waals surface area contributed by atoms with Crippen LogP contribution in [0.2, 0.25) is 10.0 Å².